The minimum atomic E-state index is 0.000808. The van der Waals surface area contributed by atoms with Crippen LogP contribution in [-0.2, 0) is 6.54 Å². The summed E-state index contributed by atoms with van der Waals surface area (Å²) >= 11 is 0. The lowest BCUT2D eigenvalue weighted by molar-refractivity contribution is 0.223. The van der Waals surface area contributed by atoms with Crippen LogP contribution < -0.4 is 24.8 Å². The minimum absolute atomic E-state index is 0.000808. The standard InChI is InChI=1S/C21H29N3O3/c1-15-7-6-8-19(11-15)27-16(2)13-23-21(22-3)24-14-17-9-10-18(25-4)12-20(17)26-5/h6-12,16H,13-14H2,1-5H3,(H2,22,23,24). The fraction of sp³-hybridized carbons (Fsp3) is 0.381. The summed E-state index contributed by atoms with van der Waals surface area (Å²) in [6.45, 7) is 5.29. The van der Waals surface area contributed by atoms with Crippen molar-refractivity contribution in [3.8, 4) is 17.2 Å². The average Bonchev–Trinajstić information content (AvgIpc) is 2.68. The summed E-state index contributed by atoms with van der Waals surface area (Å²) in [7, 11) is 5.03. The third kappa shape index (κ3) is 6.40. The van der Waals surface area contributed by atoms with Crippen molar-refractivity contribution in [1.29, 1.82) is 0 Å². The van der Waals surface area contributed by atoms with Gasteiger partial charge in [-0.3, -0.25) is 4.99 Å². The van der Waals surface area contributed by atoms with Crippen LogP contribution >= 0.6 is 0 Å². The van der Waals surface area contributed by atoms with E-state index < -0.39 is 0 Å². The number of hydrogen-bond acceptors (Lipinski definition) is 4. The molecule has 27 heavy (non-hydrogen) atoms. The molecule has 1 atom stereocenters. The van der Waals surface area contributed by atoms with Crippen LogP contribution in [-0.4, -0.2) is 39.9 Å². The summed E-state index contributed by atoms with van der Waals surface area (Å²) in [6, 6.07) is 13.8. The first kappa shape index (κ1) is 20.4. The summed E-state index contributed by atoms with van der Waals surface area (Å²) in [5.74, 6) is 3.11. The largest absolute Gasteiger partial charge is 0.497 e. The molecule has 6 nitrogen and oxygen atoms in total. The van der Waals surface area contributed by atoms with Gasteiger partial charge >= 0.3 is 0 Å². The number of rotatable bonds is 8. The van der Waals surface area contributed by atoms with E-state index in [4.69, 9.17) is 14.2 Å². The molecular weight excluding hydrogens is 342 g/mol. The predicted molar refractivity (Wildman–Crippen MR) is 109 cm³/mol. The Labute approximate surface area is 161 Å². The van der Waals surface area contributed by atoms with E-state index in [1.165, 1.54) is 5.56 Å². The average molecular weight is 371 g/mol. The van der Waals surface area contributed by atoms with Gasteiger partial charge in [0.2, 0.25) is 0 Å². The maximum absolute atomic E-state index is 5.94. The molecule has 0 fully saturated rings. The predicted octanol–water partition coefficient (Wildman–Crippen LogP) is 3.14. The third-order valence-corrected chi connectivity index (χ3v) is 4.05. The first-order valence-electron chi connectivity index (χ1n) is 8.94. The Kier molecular flexibility index (Phi) is 7.79. The van der Waals surface area contributed by atoms with Crippen LogP contribution in [0.3, 0.4) is 0 Å². The SMILES string of the molecule is CN=C(NCc1ccc(OC)cc1OC)NCC(C)Oc1cccc(C)c1. The monoisotopic (exact) mass is 371 g/mol. The second kappa shape index (κ2) is 10.3. The Balaban J connectivity index is 1.85. The fourth-order valence-corrected chi connectivity index (χ4v) is 2.60. The van der Waals surface area contributed by atoms with E-state index in [0.717, 1.165) is 22.8 Å². The number of aliphatic imine (C=N–C) groups is 1. The minimum Gasteiger partial charge on any atom is -0.497 e. The van der Waals surface area contributed by atoms with Crippen molar-refractivity contribution in [2.24, 2.45) is 4.99 Å². The first-order valence-corrected chi connectivity index (χ1v) is 8.94. The Morgan fingerprint density at radius 3 is 2.52 bits per heavy atom. The van der Waals surface area contributed by atoms with Crippen LogP contribution in [0.1, 0.15) is 18.1 Å². The van der Waals surface area contributed by atoms with Crippen LogP contribution in [0.15, 0.2) is 47.5 Å². The maximum Gasteiger partial charge on any atom is 0.191 e. The molecule has 0 aliphatic rings. The van der Waals surface area contributed by atoms with Gasteiger partial charge in [-0.15, -0.1) is 0 Å². The molecule has 0 aromatic heterocycles. The van der Waals surface area contributed by atoms with Crippen LogP contribution in [0, 0.1) is 6.92 Å². The summed E-state index contributed by atoms with van der Waals surface area (Å²) in [4.78, 5) is 4.26. The molecule has 0 aliphatic heterocycles. The molecule has 1 unspecified atom stereocenters. The second-order valence-corrected chi connectivity index (χ2v) is 6.23. The van der Waals surface area contributed by atoms with Crippen molar-refractivity contribution in [1.82, 2.24) is 10.6 Å². The molecular formula is C21H29N3O3. The molecule has 0 saturated heterocycles. The summed E-state index contributed by atoms with van der Waals surface area (Å²) in [6.07, 6.45) is 0.000808. The smallest absolute Gasteiger partial charge is 0.191 e. The maximum atomic E-state index is 5.94. The molecule has 0 amide bonds. The van der Waals surface area contributed by atoms with Gasteiger partial charge in [0.25, 0.3) is 0 Å². The van der Waals surface area contributed by atoms with Crippen molar-refractivity contribution < 1.29 is 14.2 Å². The van der Waals surface area contributed by atoms with Gasteiger partial charge in [0, 0.05) is 25.2 Å². The van der Waals surface area contributed by atoms with Crippen LogP contribution in [0.2, 0.25) is 0 Å². The number of methoxy groups -OCH3 is 2. The van der Waals surface area contributed by atoms with Crippen molar-refractivity contribution in [3.63, 3.8) is 0 Å². The van der Waals surface area contributed by atoms with Crippen LogP contribution in [0.5, 0.6) is 17.2 Å². The van der Waals surface area contributed by atoms with Crippen molar-refractivity contribution >= 4 is 5.96 Å². The van der Waals surface area contributed by atoms with E-state index >= 15 is 0 Å². The number of nitrogens with one attached hydrogen (secondary N) is 2. The Morgan fingerprint density at radius 2 is 1.85 bits per heavy atom. The zero-order valence-electron chi connectivity index (χ0n) is 16.7. The molecule has 2 rings (SSSR count). The lowest BCUT2D eigenvalue weighted by Gasteiger charge is -2.18. The molecule has 0 aliphatic carbocycles. The zero-order chi connectivity index (χ0) is 19.6. The Morgan fingerprint density at radius 1 is 1.04 bits per heavy atom. The molecule has 0 spiro atoms. The van der Waals surface area contributed by atoms with Crippen molar-refractivity contribution in [3.05, 3.63) is 53.6 Å². The molecule has 0 radical (unpaired) electrons. The van der Waals surface area contributed by atoms with Crippen LogP contribution in [0.25, 0.3) is 0 Å². The molecule has 146 valence electrons. The highest BCUT2D eigenvalue weighted by molar-refractivity contribution is 5.79. The van der Waals surface area contributed by atoms with Gasteiger partial charge in [-0.25, -0.2) is 0 Å². The normalized spacial score (nSPS) is 12.3. The van der Waals surface area contributed by atoms with Crippen molar-refractivity contribution in [2.45, 2.75) is 26.5 Å². The highest BCUT2D eigenvalue weighted by Gasteiger charge is 2.08. The van der Waals surface area contributed by atoms with Gasteiger partial charge in [0.05, 0.1) is 20.8 Å². The number of nitrogens with zero attached hydrogens (tertiary/aromatic N) is 1. The lowest BCUT2D eigenvalue weighted by atomic mass is 10.2. The quantitative estimate of drug-likeness (QED) is 0.551. The van der Waals surface area contributed by atoms with E-state index in [2.05, 4.69) is 28.6 Å². The summed E-state index contributed by atoms with van der Waals surface area (Å²) in [5.41, 5.74) is 2.20. The number of ether oxygens (including phenoxy) is 3. The van der Waals surface area contributed by atoms with Gasteiger partial charge in [-0.05, 0) is 43.7 Å². The summed E-state index contributed by atoms with van der Waals surface area (Å²) in [5, 5.41) is 6.57. The van der Waals surface area contributed by atoms with E-state index in [9.17, 15) is 0 Å². The number of guanidine groups is 1. The third-order valence-electron chi connectivity index (χ3n) is 4.05. The zero-order valence-corrected chi connectivity index (χ0v) is 16.7. The number of aryl methyl sites for hydroxylation is 1. The molecule has 0 saturated carbocycles. The van der Waals surface area contributed by atoms with E-state index in [1.807, 2.05) is 43.3 Å². The highest BCUT2D eigenvalue weighted by Crippen LogP contribution is 2.24. The van der Waals surface area contributed by atoms with E-state index in [-0.39, 0.29) is 6.10 Å². The number of hydrogen-bond donors (Lipinski definition) is 2. The fourth-order valence-electron chi connectivity index (χ4n) is 2.60. The highest BCUT2D eigenvalue weighted by atomic mass is 16.5. The molecule has 0 heterocycles. The second-order valence-electron chi connectivity index (χ2n) is 6.23. The van der Waals surface area contributed by atoms with Gasteiger partial charge in [0.15, 0.2) is 5.96 Å². The van der Waals surface area contributed by atoms with Gasteiger partial charge in [0.1, 0.15) is 23.4 Å². The van der Waals surface area contributed by atoms with Gasteiger partial charge in [-0.1, -0.05) is 12.1 Å². The van der Waals surface area contributed by atoms with Crippen LogP contribution in [0.4, 0.5) is 0 Å². The van der Waals surface area contributed by atoms with E-state index in [1.54, 1.807) is 21.3 Å². The van der Waals surface area contributed by atoms with E-state index in [0.29, 0.717) is 19.0 Å². The van der Waals surface area contributed by atoms with Crippen molar-refractivity contribution in [2.75, 3.05) is 27.8 Å². The van der Waals surface area contributed by atoms with Gasteiger partial charge in [-0.2, -0.15) is 0 Å². The molecule has 6 heteroatoms. The molecule has 0 bridgehead atoms. The molecule has 2 N–H and O–H groups in total. The topological polar surface area (TPSA) is 64.1 Å². The summed E-state index contributed by atoms with van der Waals surface area (Å²) < 4.78 is 16.6. The van der Waals surface area contributed by atoms with Gasteiger partial charge < -0.3 is 24.8 Å². The lowest BCUT2D eigenvalue weighted by Crippen LogP contribution is -2.41. The molecule has 2 aromatic rings. The Hall–Kier alpha value is -2.89. The Bertz CT molecular complexity index is 762. The first-order chi connectivity index (χ1) is 13.0. The number of benzene rings is 2. The molecule has 2 aromatic carbocycles.